The van der Waals surface area contributed by atoms with Crippen LogP contribution in [0.3, 0.4) is 0 Å². The van der Waals surface area contributed by atoms with Crippen molar-refractivity contribution >= 4 is 17.2 Å². The van der Waals surface area contributed by atoms with Crippen LogP contribution in [0.2, 0.25) is 0 Å². The van der Waals surface area contributed by atoms with Crippen molar-refractivity contribution in [1.82, 2.24) is 10.3 Å². The van der Waals surface area contributed by atoms with Crippen LogP contribution in [-0.2, 0) is 6.42 Å². The largest absolute Gasteiger partial charge is 0.348 e. The second kappa shape index (κ2) is 6.29. The van der Waals surface area contributed by atoms with E-state index in [0.29, 0.717) is 18.3 Å². The molecule has 0 unspecified atom stereocenters. The van der Waals surface area contributed by atoms with Crippen molar-refractivity contribution in [2.75, 3.05) is 6.54 Å². The number of nitrogens with one attached hydrogen (secondary N) is 1. The first-order valence-corrected chi connectivity index (χ1v) is 7.52. The van der Waals surface area contributed by atoms with Crippen LogP contribution in [-0.4, -0.2) is 23.5 Å². The molecule has 5 heteroatoms. The Labute approximate surface area is 112 Å². The van der Waals surface area contributed by atoms with Gasteiger partial charge in [0.25, 0.3) is 5.91 Å². The molecule has 100 valence electrons. The average molecular weight is 267 g/mol. The molecule has 1 fully saturated rings. The van der Waals surface area contributed by atoms with E-state index in [1.807, 2.05) is 5.38 Å². The Balaban J connectivity index is 1.86. The zero-order valence-electron chi connectivity index (χ0n) is 10.8. The van der Waals surface area contributed by atoms with E-state index in [2.05, 4.69) is 17.2 Å². The summed E-state index contributed by atoms with van der Waals surface area (Å²) in [4.78, 5) is 16.3. The highest BCUT2D eigenvalue weighted by Crippen LogP contribution is 2.23. The highest BCUT2D eigenvalue weighted by Gasteiger charge is 2.21. The van der Waals surface area contributed by atoms with E-state index < -0.39 is 0 Å². The third-order valence-corrected chi connectivity index (χ3v) is 4.40. The van der Waals surface area contributed by atoms with Crippen molar-refractivity contribution < 1.29 is 4.79 Å². The number of thiazole rings is 1. The van der Waals surface area contributed by atoms with E-state index in [4.69, 9.17) is 5.73 Å². The van der Waals surface area contributed by atoms with Crippen molar-refractivity contribution in [2.45, 2.75) is 45.1 Å². The van der Waals surface area contributed by atoms with E-state index in [0.717, 1.165) is 30.2 Å². The SMILES string of the molecule is CC1CCC(NC(=O)c2csc(CCN)n2)CC1. The van der Waals surface area contributed by atoms with Gasteiger partial charge in [-0.1, -0.05) is 6.92 Å². The van der Waals surface area contributed by atoms with E-state index >= 15 is 0 Å². The van der Waals surface area contributed by atoms with Crippen LogP contribution in [0.5, 0.6) is 0 Å². The number of carbonyl (C=O) groups is 1. The van der Waals surface area contributed by atoms with Gasteiger partial charge in [0.1, 0.15) is 5.69 Å². The number of rotatable bonds is 4. The smallest absolute Gasteiger partial charge is 0.270 e. The Morgan fingerprint density at radius 2 is 2.22 bits per heavy atom. The quantitative estimate of drug-likeness (QED) is 0.876. The predicted molar refractivity (Wildman–Crippen MR) is 73.8 cm³/mol. The number of aromatic nitrogens is 1. The standard InChI is InChI=1S/C13H21N3OS/c1-9-2-4-10(5-3-9)15-13(17)11-8-18-12(16-11)6-7-14/h8-10H,2-7,14H2,1H3,(H,15,17). The van der Waals surface area contributed by atoms with Gasteiger partial charge in [0.05, 0.1) is 5.01 Å². The van der Waals surface area contributed by atoms with Gasteiger partial charge in [-0.05, 0) is 38.1 Å². The second-order valence-electron chi connectivity index (χ2n) is 5.10. The van der Waals surface area contributed by atoms with E-state index in [1.54, 1.807) is 0 Å². The lowest BCUT2D eigenvalue weighted by Gasteiger charge is -2.26. The minimum absolute atomic E-state index is 0.0333. The Bertz CT molecular complexity index is 397. The third-order valence-electron chi connectivity index (χ3n) is 3.49. The topological polar surface area (TPSA) is 68.0 Å². The van der Waals surface area contributed by atoms with Gasteiger partial charge in [-0.25, -0.2) is 4.98 Å². The Kier molecular flexibility index (Phi) is 4.72. The Hall–Kier alpha value is -0.940. The fraction of sp³-hybridized carbons (Fsp3) is 0.692. The fourth-order valence-corrected chi connectivity index (χ4v) is 3.11. The monoisotopic (exact) mass is 267 g/mol. The van der Waals surface area contributed by atoms with Gasteiger partial charge < -0.3 is 11.1 Å². The predicted octanol–water partition coefficient (Wildman–Crippen LogP) is 1.95. The Morgan fingerprint density at radius 1 is 1.50 bits per heavy atom. The van der Waals surface area contributed by atoms with Crippen molar-refractivity contribution in [2.24, 2.45) is 11.7 Å². The van der Waals surface area contributed by atoms with Crippen LogP contribution in [0.1, 0.15) is 48.1 Å². The van der Waals surface area contributed by atoms with Crippen LogP contribution < -0.4 is 11.1 Å². The molecule has 4 nitrogen and oxygen atoms in total. The molecule has 0 spiro atoms. The highest BCUT2D eigenvalue weighted by molar-refractivity contribution is 7.09. The normalized spacial score (nSPS) is 23.9. The van der Waals surface area contributed by atoms with Crippen LogP contribution in [0.4, 0.5) is 0 Å². The molecule has 1 aromatic rings. The molecule has 0 aliphatic heterocycles. The van der Waals surface area contributed by atoms with Gasteiger partial charge in [-0.3, -0.25) is 4.79 Å². The molecule has 1 aromatic heterocycles. The average Bonchev–Trinajstić information content (AvgIpc) is 2.81. The summed E-state index contributed by atoms with van der Waals surface area (Å²) >= 11 is 1.51. The van der Waals surface area contributed by atoms with Gasteiger partial charge in [-0.2, -0.15) is 0 Å². The molecule has 18 heavy (non-hydrogen) atoms. The van der Waals surface area contributed by atoms with E-state index in [1.165, 1.54) is 24.2 Å². The van der Waals surface area contributed by atoms with Gasteiger partial charge >= 0.3 is 0 Å². The summed E-state index contributed by atoms with van der Waals surface area (Å²) in [5.74, 6) is 0.766. The number of amides is 1. The lowest BCUT2D eigenvalue weighted by molar-refractivity contribution is 0.0918. The molecule has 1 heterocycles. The minimum Gasteiger partial charge on any atom is -0.348 e. The third kappa shape index (κ3) is 3.53. The van der Waals surface area contributed by atoms with Crippen LogP contribution in [0.15, 0.2) is 5.38 Å². The highest BCUT2D eigenvalue weighted by atomic mass is 32.1. The zero-order chi connectivity index (χ0) is 13.0. The summed E-state index contributed by atoms with van der Waals surface area (Å²) in [7, 11) is 0. The first-order valence-electron chi connectivity index (χ1n) is 6.64. The molecule has 1 saturated carbocycles. The fourth-order valence-electron chi connectivity index (χ4n) is 2.32. The van der Waals surface area contributed by atoms with Crippen LogP contribution >= 0.6 is 11.3 Å². The van der Waals surface area contributed by atoms with Gasteiger partial charge in [0, 0.05) is 17.8 Å². The molecule has 1 aliphatic carbocycles. The molecule has 1 amide bonds. The molecular weight excluding hydrogens is 246 g/mol. The lowest BCUT2D eigenvalue weighted by atomic mass is 9.87. The van der Waals surface area contributed by atoms with Crippen LogP contribution in [0.25, 0.3) is 0 Å². The maximum absolute atomic E-state index is 12.0. The minimum atomic E-state index is -0.0333. The van der Waals surface area contributed by atoms with Crippen molar-refractivity contribution in [1.29, 1.82) is 0 Å². The summed E-state index contributed by atoms with van der Waals surface area (Å²) in [6, 6.07) is 0.327. The first kappa shape index (κ1) is 13.5. The van der Waals surface area contributed by atoms with Crippen LogP contribution in [0, 0.1) is 5.92 Å². The van der Waals surface area contributed by atoms with Crippen molar-refractivity contribution in [3.8, 4) is 0 Å². The van der Waals surface area contributed by atoms with E-state index in [9.17, 15) is 4.79 Å². The molecule has 0 atom stereocenters. The number of carbonyl (C=O) groups excluding carboxylic acids is 1. The molecule has 1 aliphatic rings. The van der Waals surface area contributed by atoms with Gasteiger partial charge in [0.2, 0.25) is 0 Å². The molecule has 0 aromatic carbocycles. The molecule has 0 bridgehead atoms. The maximum atomic E-state index is 12.0. The maximum Gasteiger partial charge on any atom is 0.270 e. The molecule has 0 saturated heterocycles. The Morgan fingerprint density at radius 3 is 2.89 bits per heavy atom. The first-order chi connectivity index (χ1) is 8.69. The number of nitrogens with two attached hydrogens (primary N) is 1. The lowest BCUT2D eigenvalue weighted by Crippen LogP contribution is -2.37. The molecule has 2 rings (SSSR count). The summed E-state index contributed by atoms with van der Waals surface area (Å²) < 4.78 is 0. The van der Waals surface area contributed by atoms with Gasteiger partial charge in [-0.15, -0.1) is 11.3 Å². The number of hydrogen-bond acceptors (Lipinski definition) is 4. The summed E-state index contributed by atoms with van der Waals surface area (Å²) in [6.45, 7) is 2.85. The number of nitrogens with zero attached hydrogens (tertiary/aromatic N) is 1. The summed E-state index contributed by atoms with van der Waals surface area (Å²) in [5.41, 5.74) is 6.02. The summed E-state index contributed by atoms with van der Waals surface area (Å²) in [6.07, 6.45) is 5.35. The molecule has 3 N–H and O–H groups in total. The summed E-state index contributed by atoms with van der Waals surface area (Å²) in [5, 5.41) is 5.85. The number of hydrogen-bond donors (Lipinski definition) is 2. The zero-order valence-corrected chi connectivity index (χ0v) is 11.6. The van der Waals surface area contributed by atoms with Crippen molar-refractivity contribution in [3.63, 3.8) is 0 Å². The van der Waals surface area contributed by atoms with E-state index in [-0.39, 0.29) is 5.91 Å². The van der Waals surface area contributed by atoms with Gasteiger partial charge in [0.15, 0.2) is 0 Å². The molecular formula is C13H21N3OS. The second-order valence-corrected chi connectivity index (χ2v) is 6.04. The molecule has 0 radical (unpaired) electrons. The van der Waals surface area contributed by atoms with Crippen molar-refractivity contribution in [3.05, 3.63) is 16.1 Å².